The molecule has 105 valence electrons. The van der Waals surface area contributed by atoms with Crippen LogP contribution in [0, 0.1) is 0 Å². The van der Waals surface area contributed by atoms with Gasteiger partial charge in [-0.1, -0.05) is 5.16 Å². The van der Waals surface area contributed by atoms with Crippen molar-refractivity contribution in [3.05, 3.63) is 18.5 Å². The fourth-order valence-corrected chi connectivity index (χ4v) is 11.3. The molecule has 2 nitrogen and oxygen atoms in total. The van der Waals surface area contributed by atoms with E-state index in [0.717, 1.165) is 0 Å². The van der Waals surface area contributed by atoms with Gasteiger partial charge < -0.3 is 4.52 Å². The summed E-state index contributed by atoms with van der Waals surface area (Å²) in [6, 6.07) is 1.72. The van der Waals surface area contributed by atoms with Gasteiger partial charge in [0.1, 0.15) is 6.26 Å². The van der Waals surface area contributed by atoms with Crippen molar-refractivity contribution in [1.29, 1.82) is 0 Å². The number of hydrogen-bond donors (Lipinski definition) is 0. The third-order valence-electron chi connectivity index (χ3n) is 3.00. The van der Waals surface area contributed by atoms with Crippen molar-refractivity contribution in [2.45, 2.75) is 72.6 Å². The normalized spacial score (nSPS) is 10.2. The maximum atomic E-state index is 4.33. The molecule has 0 N–H and O–H groups in total. The molecule has 18 heavy (non-hydrogen) atoms. The Morgan fingerprint density at radius 3 is 1.61 bits per heavy atom. The minimum absolute atomic E-state index is 0.839. The van der Waals surface area contributed by atoms with Crippen molar-refractivity contribution < 1.29 is 4.52 Å². The first-order chi connectivity index (χ1) is 8.85. The van der Waals surface area contributed by atoms with Crippen LogP contribution in [0.5, 0.6) is 0 Å². The van der Waals surface area contributed by atoms with Crippen molar-refractivity contribution >= 4 is 19.8 Å². The second kappa shape index (κ2) is 15.1. The summed E-state index contributed by atoms with van der Waals surface area (Å²) in [5.74, 6) is 0. The molecule has 1 aromatic heterocycles. The van der Waals surface area contributed by atoms with Gasteiger partial charge >= 0.3 is 92.4 Å². The Kier molecular flexibility index (Phi) is 15.1. The molecule has 1 radical (unpaired) electrons. The average molecular weight is 359 g/mol. The van der Waals surface area contributed by atoms with Crippen molar-refractivity contribution in [2.24, 2.45) is 0 Å². The molecule has 0 aliphatic heterocycles. The van der Waals surface area contributed by atoms with Gasteiger partial charge in [0.25, 0.3) is 0 Å². The van der Waals surface area contributed by atoms with E-state index in [1.54, 1.807) is 25.6 Å². The van der Waals surface area contributed by atoms with Crippen molar-refractivity contribution in [3.63, 3.8) is 0 Å². The number of rotatable bonds is 9. The van der Waals surface area contributed by atoms with Crippen molar-refractivity contribution in [1.82, 2.24) is 5.16 Å². The maximum absolute atomic E-state index is 4.33. The monoisotopic (exact) mass is 360 g/mol. The molecule has 0 unspecified atom stereocenters. The van der Waals surface area contributed by atoms with Gasteiger partial charge in [-0.05, 0) is 6.07 Å². The van der Waals surface area contributed by atoms with E-state index in [9.17, 15) is 0 Å². The number of hydrogen-bond acceptors (Lipinski definition) is 2. The molecule has 0 saturated carbocycles. The van der Waals surface area contributed by atoms with Gasteiger partial charge in [-0.25, -0.2) is 0 Å². The first-order valence-corrected chi connectivity index (χ1v) is 13.6. The van der Waals surface area contributed by atoms with Gasteiger partial charge in [0.2, 0.25) is 0 Å². The Morgan fingerprint density at radius 1 is 0.889 bits per heavy atom. The van der Waals surface area contributed by atoms with Gasteiger partial charge in [-0.3, -0.25) is 0 Å². The van der Waals surface area contributed by atoms with E-state index in [2.05, 4.69) is 30.5 Å². The van der Waals surface area contributed by atoms with E-state index in [0.29, 0.717) is 0 Å². The Hall–Kier alpha value is 0.00870. The minimum atomic E-state index is -0.839. The van der Waals surface area contributed by atoms with Crippen LogP contribution >= 0.6 is 0 Å². The quantitative estimate of drug-likeness (QED) is 0.540. The third kappa shape index (κ3) is 12.5. The zero-order valence-corrected chi connectivity index (χ0v) is 15.3. The molecule has 0 aromatic carbocycles. The predicted octanol–water partition coefficient (Wildman–Crippen LogP) is 5.56. The molecule has 1 rings (SSSR count). The summed E-state index contributed by atoms with van der Waals surface area (Å²) in [7, 11) is 0. The third-order valence-corrected chi connectivity index (χ3v) is 12.1. The van der Waals surface area contributed by atoms with Gasteiger partial charge in [0, 0.05) is 0 Å². The zero-order valence-electron chi connectivity index (χ0n) is 12.5. The Morgan fingerprint density at radius 2 is 1.39 bits per heavy atom. The van der Waals surface area contributed by atoms with Crippen LogP contribution in [0.1, 0.15) is 59.3 Å². The van der Waals surface area contributed by atoms with E-state index in [1.807, 2.05) is 0 Å². The molecule has 0 atom stereocenters. The Balaban J connectivity index is 0.000000473. The standard InChI is InChI=1S/3C4H9.C3H3NO.Sn/c3*1-3-4-2;1-2-4-5-3-1;/h3*1,3-4H2,2H3;1-3H;. The summed E-state index contributed by atoms with van der Waals surface area (Å²) in [4.78, 5) is 0. The largest absolute Gasteiger partial charge is 0.365 e. The van der Waals surface area contributed by atoms with Crippen molar-refractivity contribution in [3.8, 4) is 0 Å². The summed E-state index contributed by atoms with van der Waals surface area (Å²) >= 11 is -0.839. The first-order valence-electron chi connectivity index (χ1n) is 7.53. The van der Waals surface area contributed by atoms with Gasteiger partial charge in [-0.2, -0.15) is 0 Å². The topological polar surface area (TPSA) is 26.0 Å². The molecule has 1 heterocycles. The molecular formula is C15H30NOSn. The van der Waals surface area contributed by atoms with Crippen molar-refractivity contribution in [2.75, 3.05) is 0 Å². The molecule has 1 aromatic rings. The van der Waals surface area contributed by atoms with Crippen LogP contribution in [0.4, 0.5) is 0 Å². The van der Waals surface area contributed by atoms with Crippen LogP contribution in [-0.4, -0.2) is 24.9 Å². The van der Waals surface area contributed by atoms with Crippen LogP contribution in [-0.2, 0) is 0 Å². The molecule has 0 fully saturated rings. The minimum Gasteiger partial charge on any atom is -0.365 e. The molecular weight excluding hydrogens is 329 g/mol. The predicted molar refractivity (Wildman–Crippen MR) is 81.4 cm³/mol. The SMILES string of the molecule is CCC[CH2][Sn]([CH2]CCC)[CH2]CCC.c1cnoc1. The van der Waals surface area contributed by atoms with Gasteiger partial charge in [0.15, 0.2) is 0 Å². The number of aromatic nitrogens is 1. The van der Waals surface area contributed by atoms with Gasteiger partial charge in [-0.15, -0.1) is 0 Å². The maximum Gasteiger partial charge on any atom is 0.123 e. The average Bonchev–Trinajstić information content (AvgIpc) is 2.97. The van der Waals surface area contributed by atoms with Crippen LogP contribution in [0.25, 0.3) is 0 Å². The van der Waals surface area contributed by atoms with E-state index in [1.165, 1.54) is 44.8 Å². The molecule has 0 saturated heterocycles. The second-order valence-electron chi connectivity index (χ2n) is 4.75. The number of unbranched alkanes of at least 4 members (excludes halogenated alkanes) is 3. The summed E-state index contributed by atoms with van der Waals surface area (Å²) in [6.45, 7) is 7.00. The smallest absolute Gasteiger partial charge is 0.123 e. The molecule has 0 amide bonds. The summed E-state index contributed by atoms with van der Waals surface area (Å²) in [5, 5.41) is 3.35. The molecule has 0 spiro atoms. The van der Waals surface area contributed by atoms with Crippen LogP contribution in [0.3, 0.4) is 0 Å². The Bertz CT molecular complexity index is 190. The Labute approximate surface area is 120 Å². The summed E-state index contributed by atoms with van der Waals surface area (Å²) in [5.41, 5.74) is 0. The molecule has 0 aliphatic rings. The van der Waals surface area contributed by atoms with Crippen LogP contribution in [0.15, 0.2) is 23.0 Å². The molecule has 3 heteroatoms. The second-order valence-corrected chi connectivity index (χ2v) is 13.3. The van der Waals surface area contributed by atoms with Crippen LogP contribution < -0.4 is 0 Å². The van der Waals surface area contributed by atoms with E-state index in [4.69, 9.17) is 0 Å². The summed E-state index contributed by atoms with van der Waals surface area (Å²) < 4.78 is 9.37. The van der Waals surface area contributed by atoms with Crippen LogP contribution in [0.2, 0.25) is 13.3 Å². The van der Waals surface area contributed by atoms with E-state index < -0.39 is 19.8 Å². The molecule has 0 bridgehead atoms. The fraction of sp³-hybridized carbons (Fsp3) is 0.800. The zero-order chi connectivity index (χ0) is 13.5. The van der Waals surface area contributed by atoms with Gasteiger partial charge in [0.05, 0.1) is 6.20 Å². The molecule has 0 aliphatic carbocycles. The van der Waals surface area contributed by atoms with E-state index >= 15 is 0 Å². The first kappa shape index (κ1) is 18.0. The number of nitrogens with zero attached hydrogens (tertiary/aromatic N) is 1. The summed E-state index contributed by atoms with van der Waals surface area (Å²) in [6.07, 6.45) is 11.9. The fourth-order valence-electron chi connectivity index (χ4n) is 1.83. The van der Waals surface area contributed by atoms with E-state index in [-0.39, 0.29) is 0 Å².